The van der Waals surface area contributed by atoms with Gasteiger partial charge in [0, 0.05) is 5.33 Å². The van der Waals surface area contributed by atoms with Crippen LogP contribution in [0.25, 0.3) is 0 Å². The van der Waals surface area contributed by atoms with Gasteiger partial charge in [-0.25, -0.2) is 8.42 Å². The van der Waals surface area contributed by atoms with Crippen LogP contribution in [0.5, 0.6) is 0 Å². The molecule has 3 heterocycles. The van der Waals surface area contributed by atoms with Gasteiger partial charge in [0.05, 0.1) is 11.5 Å². The minimum absolute atomic E-state index is 0.0982. The molecule has 158 valence electrons. The Bertz CT molecular complexity index is 621. The van der Waals surface area contributed by atoms with E-state index in [-0.39, 0.29) is 11.5 Å². The molecule has 0 N–H and O–H groups in total. The van der Waals surface area contributed by atoms with Gasteiger partial charge in [0.15, 0.2) is 27.7 Å². The molecule has 3 aliphatic heterocycles. The zero-order valence-corrected chi connectivity index (χ0v) is 18.9. The smallest absolute Gasteiger partial charge is 0.190 e. The summed E-state index contributed by atoms with van der Waals surface area (Å²) in [6.45, 7) is 7.25. The van der Waals surface area contributed by atoms with Crippen molar-refractivity contribution in [2.75, 3.05) is 16.8 Å². The van der Waals surface area contributed by atoms with E-state index in [1.54, 1.807) is 0 Å². The molecule has 3 rings (SSSR count). The summed E-state index contributed by atoms with van der Waals surface area (Å²) in [5.41, 5.74) is 0. The molecule has 0 amide bonds. The Morgan fingerprint density at radius 1 is 0.815 bits per heavy atom. The minimum atomic E-state index is -3.27. The summed E-state index contributed by atoms with van der Waals surface area (Å²) in [6.07, 6.45) is 1.02. The van der Waals surface area contributed by atoms with Gasteiger partial charge in [-0.3, -0.25) is 0 Å². The van der Waals surface area contributed by atoms with Crippen LogP contribution >= 0.6 is 15.9 Å². The Morgan fingerprint density at radius 2 is 1.41 bits per heavy atom. The van der Waals surface area contributed by atoms with Crippen LogP contribution in [0.2, 0.25) is 0 Å². The molecule has 0 aliphatic carbocycles. The largest absolute Gasteiger partial charge is 0.343 e. The summed E-state index contributed by atoms with van der Waals surface area (Å²) in [5.74, 6) is -1.56. The Balaban J connectivity index is 1.66. The summed E-state index contributed by atoms with van der Waals surface area (Å²) in [4.78, 5) is 0. The van der Waals surface area contributed by atoms with Gasteiger partial charge in [0.1, 0.15) is 24.4 Å². The molecule has 0 saturated carbocycles. The third kappa shape index (κ3) is 5.43. The van der Waals surface area contributed by atoms with Crippen LogP contribution in [0, 0.1) is 0 Å². The molecule has 3 fully saturated rings. The molecule has 5 atom stereocenters. The zero-order chi connectivity index (χ0) is 19.9. The first kappa shape index (κ1) is 21.9. The standard InChI is InChI=1S/C18H31BrO7S/c1-17(2)23-13-12(11-27(20,21)10-8-6-5-7-9-19)22-16-15(14(13)24-17)25-18(3,4)26-16/h12-16H,5-11H2,1-4H3/t12-,13+,14+,15-,16-/m1/s1. The van der Waals surface area contributed by atoms with Crippen molar-refractivity contribution in [2.24, 2.45) is 0 Å². The highest BCUT2D eigenvalue weighted by atomic mass is 79.9. The molecular formula is C18H31BrO7S. The lowest BCUT2D eigenvalue weighted by atomic mass is 10.00. The van der Waals surface area contributed by atoms with E-state index in [4.69, 9.17) is 23.7 Å². The van der Waals surface area contributed by atoms with E-state index in [0.29, 0.717) is 6.42 Å². The fraction of sp³-hybridized carbons (Fsp3) is 1.00. The molecule has 0 aromatic rings. The van der Waals surface area contributed by atoms with Gasteiger partial charge in [0.2, 0.25) is 0 Å². The van der Waals surface area contributed by atoms with E-state index in [2.05, 4.69) is 15.9 Å². The van der Waals surface area contributed by atoms with Crippen molar-refractivity contribution >= 4 is 25.8 Å². The normalized spacial score (nSPS) is 37.1. The van der Waals surface area contributed by atoms with Crippen molar-refractivity contribution in [1.29, 1.82) is 0 Å². The van der Waals surface area contributed by atoms with E-state index in [9.17, 15) is 8.42 Å². The fourth-order valence-electron chi connectivity index (χ4n) is 3.93. The number of rotatable bonds is 8. The summed E-state index contributed by atoms with van der Waals surface area (Å²) in [5, 5.41) is 0.951. The lowest BCUT2D eigenvalue weighted by Crippen LogP contribution is -2.56. The van der Waals surface area contributed by atoms with Crippen molar-refractivity contribution in [2.45, 2.75) is 95.7 Å². The maximum atomic E-state index is 12.6. The second-order valence-corrected chi connectivity index (χ2v) is 11.4. The van der Waals surface area contributed by atoms with Gasteiger partial charge in [-0.15, -0.1) is 0 Å². The lowest BCUT2D eigenvalue weighted by Gasteiger charge is -2.37. The fourth-order valence-corrected chi connectivity index (χ4v) is 5.91. The second kappa shape index (κ2) is 8.16. The number of ether oxygens (including phenoxy) is 5. The highest BCUT2D eigenvalue weighted by molar-refractivity contribution is 9.09. The van der Waals surface area contributed by atoms with Crippen molar-refractivity contribution in [3.8, 4) is 0 Å². The number of hydrogen-bond acceptors (Lipinski definition) is 7. The van der Waals surface area contributed by atoms with E-state index in [1.807, 2.05) is 27.7 Å². The van der Waals surface area contributed by atoms with Crippen LogP contribution in [-0.4, -0.2) is 67.5 Å². The van der Waals surface area contributed by atoms with E-state index in [0.717, 1.165) is 24.6 Å². The Kier molecular flexibility index (Phi) is 6.63. The van der Waals surface area contributed by atoms with Crippen molar-refractivity contribution in [3.05, 3.63) is 0 Å². The second-order valence-electron chi connectivity index (χ2n) is 8.43. The highest BCUT2D eigenvalue weighted by Gasteiger charge is 2.61. The number of sulfone groups is 1. The first-order valence-corrected chi connectivity index (χ1v) is 12.6. The molecule has 0 unspecified atom stereocenters. The molecule has 3 aliphatic rings. The lowest BCUT2D eigenvalue weighted by molar-refractivity contribution is -0.228. The average Bonchev–Trinajstić information content (AvgIpc) is 3.01. The minimum Gasteiger partial charge on any atom is -0.343 e. The van der Waals surface area contributed by atoms with Gasteiger partial charge in [-0.2, -0.15) is 0 Å². The Morgan fingerprint density at radius 3 is 2.11 bits per heavy atom. The molecule has 7 nitrogen and oxygen atoms in total. The summed E-state index contributed by atoms with van der Waals surface area (Å²) in [7, 11) is -3.27. The number of hydrogen-bond donors (Lipinski definition) is 0. The first-order valence-electron chi connectivity index (χ1n) is 9.65. The van der Waals surface area contributed by atoms with Crippen LogP contribution in [0.1, 0.15) is 53.4 Å². The SMILES string of the molecule is CC1(C)O[C@H]2[C@@H](O1)[C@@H](CS(=O)(=O)CCCCCCBr)O[C@@H]1OC(C)(C)O[C@@H]12. The van der Waals surface area contributed by atoms with Gasteiger partial charge in [0.25, 0.3) is 0 Å². The molecule has 0 bridgehead atoms. The number of unbranched alkanes of at least 4 members (excludes halogenated alkanes) is 3. The molecule has 3 saturated heterocycles. The van der Waals surface area contributed by atoms with Gasteiger partial charge in [-0.05, 0) is 40.5 Å². The van der Waals surface area contributed by atoms with Crippen LogP contribution in [0.4, 0.5) is 0 Å². The quantitative estimate of drug-likeness (QED) is 0.398. The Hall–Kier alpha value is 0.230. The predicted molar refractivity (Wildman–Crippen MR) is 103 cm³/mol. The monoisotopic (exact) mass is 470 g/mol. The molecular weight excluding hydrogens is 440 g/mol. The van der Waals surface area contributed by atoms with Crippen LogP contribution in [0.15, 0.2) is 0 Å². The van der Waals surface area contributed by atoms with E-state index in [1.165, 1.54) is 0 Å². The summed E-state index contributed by atoms with van der Waals surface area (Å²) in [6, 6.07) is 0. The van der Waals surface area contributed by atoms with E-state index >= 15 is 0 Å². The van der Waals surface area contributed by atoms with Crippen LogP contribution in [0.3, 0.4) is 0 Å². The van der Waals surface area contributed by atoms with Crippen molar-refractivity contribution in [3.63, 3.8) is 0 Å². The molecule has 9 heteroatoms. The summed E-state index contributed by atoms with van der Waals surface area (Å²) >= 11 is 3.39. The topological polar surface area (TPSA) is 80.3 Å². The third-order valence-corrected chi connectivity index (χ3v) is 7.32. The maximum Gasteiger partial charge on any atom is 0.190 e. The van der Waals surface area contributed by atoms with Gasteiger partial charge < -0.3 is 23.7 Å². The highest BCUT2D eigenvalue weighted by Crippen LogP contribution is 2.44. The Labute approximate surface area is 170 Å². The van der Waals surface area contributed by atoms with Gasteiger partial charge in [-0.1, -0.05) is 28.8 Å². The molecule has 27 heavy (non-hydrogen) atoms. The van der Waals surface area contributed by atoms with E-state index < -0.39 is 52.1 Å². The zero-order valence-electron chi connectivity index (χ0n) is 16.5. The van der Waals surface area contributed by atoms with Crippen molar-refractivity contribution in [1.82, 2.24) is 0 Å². The first-order chi connectivity index (χ1) is 12.5. The maximum absolute atomic E-state index is 12.6. The summed E-state index contributed by atoms with van der Waals surface area (Å²) < 4.78 is 55.1. The molecule has 0 aromatic heterocycles. The van der Waals surface area contributed by atoms with Crippen LogP contribution in [-0.2, 0) is 33.5 Å². The number of fused-ring (bicyclic) bond motifs is 3. The average molecular weight is 471 g/mol. The van der Waals surface area contributed by atoms with Crippen LogP contribution < -0.4 is 0 Å². The molecule has 0 spiro atoms. The van der Waals surface area contributed by atoms with Crippen molar-refractivity contribution < 1.29 is 32.1 Å². The predicted octanol–water partition coefficient (Wildman–Crippen LogP) is 2.75. The number of alkyl halides is 1. The number of halogens is 1. The van der Waals surface area contributed by atoms with Gasteiger partial charge >= 0.3 is 0 Å². The molecule has 0 radical (unpaired) electrons. The molecule has 0 aromatic carbocycles. The third-order valence-electron chi connectivity index (χ3n) is 5.01.